The first-order valence-electron chi connectivity index (χ1n) is 15.8. The molecule has 0 bridgehead atoms. The van der Waals surface area contributed by atoms with E-state index in [2.05, 4.69) is 20.8 Å². The van der Waals surface area contributed by atoms with Crippen LogP contribution < -0.4 is 0 Å². The van der Waals surface area contributed by atoms with Crippen LogP contribution in [0.4, 0.5) is 0 Å². The predicted molar refractivity (Wildman–Crippen MR) is 150 cm³/mol. The van der Waals surface area contributed by atoms with E-state index in [0.29, 0.717) is 42.3 Å². The molecule has 2 N–H and O–H groups in total. The minimum atomic E-state index is -0.837. The molecule has 214 valence electrons. The number of carbonyl (C=O) groups excluding carboxylic acids is 2. The summed E-state index contributed by atoms with van der Waals surface area (Å²) in [5.41, 5.74) is 1.54. The average Bonchev–Trinajstić information content (AvgIpc) is 3.24. The molecular weight excluding hydrogens is 476 g/mol. The summed E-state index contributed by atoms with van der Waals surface area (Å²) >= 11 is 0. The lowest BCUT2D eigenvalue weighted by Gasteiger charge is -2.60. The van der Waals surface area contributed by atoms with Crippen molar-refractivity contribution in [3.63, 3.8) is 0 Å². The van der Waals surface area contributed by atoms with Gasteiger partial charge in [-0.15, -0.1) is 0 Å². The van der Waals surface area contributed by atoms with E-state index in [9.17, 15) is 19.5 Å². The van der Waals surface area contributed by atoms with E-state index in [1.807, 2.05) is 6.08 Å². The van der Waals surface area contributed by atoms with Crippen molar-refractivity contribution in [1.82, 2.24) is 0 Å². The van der Waals surface area contributed by atoms with Crippen LogP contribution in [-0.4, -0.2) is 33.9 Å². The van der Waals surface area contributed by atoms with Crippen LogP contribution in [0.15, 0.2) is 11.6 Å². The van der Waals surface area contributed by atoms with Crippen LogP contribution in [0.5, 0.6) is 0 Å². The summed E-state index contributed by atoms with van der Waals surface area (Å²) in [6.45, 7) is 7.06. The van der Waals surface area contributed by atoms with Crippen LogP contribution in [0, 0.1) is 40.4 Å². The number of fused-ring (bicyclic) bond motifs is 5. The monoisotopic (exact) mass is 528 g/mol. The van der Waals surface area contributed by atoms with Gasteiger partial charge in [0.05, 0.1) is 0 Å². The summed E-state index contributed by atoms with van der Waals surface area (Å²) in [5.74, 6) is 1.92. The maximum absolute atomic E-state index is 13.5. The highest BCUT2D eigenvalue weighted by atomic mass is 16.4. The first-order chi connectivity index (χ1) is 18.1. The van der Waals surface area contributed by atoms with Crippen molar-refractivity contribution in [2.45, 2.75) is 136 Å². The van der Waals surface area contributed by atoms with Crippen LogP contribution in [-0.2, 0) is 14.4 Å². The molecule has 3 saturated carbocycles. The third-order valence-corrected chi connectivity index (χ3v) is 11.8. The zero-order chi connectivity index (χ0) is 27.5. The van der Waals surface area contributed by atoms with E-state index in [4.69, 9.17) is 5.11 Å². The van der Waals surface area contributed by atoms with E-state index in [1.54, 1.807) is 0 Å². The Kier molecular flexibility index (Phi) is 9.59. The molecule has 2 unspecified atom stereocenters. The number of ketones is 2. The number of carbonyl (C=O) groups is 3. The highest BCUT2D eigenvalue weighted by Gasteiger charge is 2.61. The van der Waals surface area contributed by atoms with E-state index < -0.39 is 12.1 Å². The molecule has 3 fully saturated rings. The van der Waals surface area contributed by atoms with E-state index in [1.165, 1.54) is 5.57 Å². The molecule has 0 aromatic rings. The second kappa shape index (κ2) is 12.4. The van der Waals surface area contributed by atoms with E-state index >= 15 is 0 Å². The van der Waals surface area contributed by atoms with Gasteiger partial charge in [0.15, 0.2) is 11.6 Å². The quantitative estimate of drug-likeness (QED) is 0.245. The predicted octanol–water partition coefficient (Wildman–Crippen LogP) is 7.30. The minimum absolute atomic E-state index is 0.00103. The lowest BCUT2D eigenvalue weighted by molar-refractivity contribution is -0.140. The van der Waals surface area contributed by atoms with Gasteiger partial charge >= 0.3 is 5.97 Å². The molecule has 4 aliphatic carbocycles. The number of aliphatic hydroxyl groups excluding tert-OH is 1. The van der Waals surface area contributed by atoms with Crippen molar-refractivity contribution in [3.8, 4) is 0 Å². The number of rotatable bonds is 13. The zero-order valence-corrected chi connectivity index (χ0v) is 24.2. The SMILES string of the molecule is CCC1CC(=O)C=C2CC[C@H]3[C@@H]4CC[C@H](C(=O)C(O)CCCCCCCCCC(=O)O)[C@@]4(C)CC[C@@H]3[C@]21C. The van der Waals surface area contributed by atoms with Gasteiger partial charge in [-0.2, -0.15) is 0 Å². The molecule has 0 aliphatic heterocycles. The molecular formula is C33H52O5. The highest BCUT2D eigenvalue weighted by molar-refractivity contribution is 5.92. The molecule has 5 heteroatoms. The number of carboxylic acids is 1. The van der Waals surface area contributed by atoms with Crippen molar-refractivity contribution >= 4 is 17.5 Å². The first-order valence-corrected chi connectivity index (χ1v) is 15.8. The Morgan fingerprint density at radius 2 is 1.66 bits per heavy atom. The Balaban J connectivity index is 1.30. The van der Waals surface area contributed by atoms with Gasteiger partial charge in [-0.1, -0.05) is 71.3 Å². The van der Waals surface area contributed by atoms with Gasteiger partial charge in [0.2, 0.25) is 0 Å². The fraction of sp³-hybridized carbons (Fsp3) is 0.848. The molecule has 8 atom stereocenters. The summed E-state index contributed by atoms with van der Waals surface area (Å²) < 4.78 is 0. The van der Waals surface area contributed by atoms with Gasteiger partial charge in [-0.25, -0.2) is 0 Å². The molecule has 38 heavy (non-hydrogen) atoms. The first kappa shape index (κ1) is 29.5. The van der Waals surface area contributed by atoms with E-state index in [0.717, 1.165) is 89.9 Å². The minimum Gasteiger partial charge on any atom is -0.481 e. The molecule has 4 aliphatic rings. The van der Waals surface area contributed by atoms with Gasteiger partial charge < -0.3 is 10.2 Å². The average molecular weight is 529 g/mol. The van der Waals surface area contributed by atoms with Crippen LogP contribution >= 0.6 is 0 Å². The molecule has 0 aromatic heterocycles. The Morgan fingerprint density at radius 3 is 2.34 bits per heavy atom. The number of Topliss-reactive ketones (excluding diaryl/α,β-unsaturated/α-hetero) is 1. The molecule has 4 rings (SSSR count). The third-order valence-electron chi connectivity index (χ3n) is 11.8. The fourth-order valence-electron chi connectivity index (χ4n) is 9.67. The van der Waals surface area contributed by atoms with Crippen molar-refractivity contribution in [2.24, 2.45) is 40.4 Å². The maximum atomic E-state index is 13.5. The Bertz CT molecular complexity index is 907. The van der Waals surface area contributed by atoms with Crippen LogP contribution in [0.1, 0.15) is 130 Å². The molecule has 0 amide bonds. The lowest BCUT2D eigenvalue weighted by atomic mass is 9.44. The molecule has 0 heterocycles. The normalized spacial score (nSPS) is 37.1. The zero-order valence-electron chi connectivity index (χ0n) is 24.2. The smallest absolute Gasteiger partial charge is 0.303 e. The lowest BCUT2D eigenvalue weighted by Crippen LogP contribution is -2.54. The summed E-state index contributed by atoms with van der Waals surface area (Å²) in [5, 5.41) is 19.6. The molecule has 0 aromatic carbocycles. The topological polar surface area (TPSA) is 91.7 Å². The summed E-state index contributed by atoms with van der Waals surface area (Å²) in [6.07, 6.45) is 17.0. The standard InChI is InChI=1S/C33H52O5/c1-4-22-20-24(34)21-23-14-15-25-26-16-17-28(32(26,2)19-18-27(25)33(22,23)3)31(38)29(35)12-10-8-6-5-7-9-11-13-30(36)37/h21-22,25-29,35H,4-20H2,1-3H3,(H,36,37)/t22?,25-,26-,27-,28+,29?,32-,33-/m0/s1. The number of unbranched alkanes of at least 4 members (excludes halogenated alkanes) is 6. The molecule has 5 nitrogen and oxygen atoms in total. The van der Waals surface area contributed by atoms with Crippen molar-refractivity contribution in [1.29, 1.82) is 0 Å². The van der Waals surface area contributed by atoms with Crippen molar-refractivity contribution in [3.05, 3.63) is 11.6 Å². The van der Waals surface area contributed by atoms with Crippen molar-refractivity contribution < 1.29 is 24.6 Å². The van der Waals surface area contributed by atoms with Gasteiger partial charge in [-0.3, -0.25) is 14.4 Å². The molecule has 0 spiro atoms. The van der Waals surface area contributed by atoms with Crippen LogP contribution in [0.2, 0.25) is 0 Å². The Labute approximate surface area is 230 Å². The van der Waals surface area contributed by atoms with Crippen LogP contribution in [0.3, 0.4) is 0 Å². The number of hydrogen-bond acceptors (Lipinski definition) is 4. The summed E-state index contributed by atoms with van der Waals surface area (Å²) in [4.78, 5) is 36.6. The second-order valence-corrected chi connectivity index (χ2v) is 13.6. The molecule has 0 saturated heterocycles. The molecule has 0 radical (unpaired) electrons. The summed E-state index contributed by atoms with van der Waals surface area (Å²) in [7, 11) is 0. The number of carboxylic acid groups (broad SMARTS) is 1. The maximum Gasteiger partial charge on any atom is 0.303 e. The van der Waals surface area contributed by atoms with Crippen LogP contribution in [0.25, 0.3) is 0 Å². The Hall–Kier alpha value is -1.49. The number of hydrogen-bond donors (Lipinski definition) is 2. The largest absolute Gasteiger partial charge is 0.481 e. The second-order valence-electron chi connectivity index (χ2n) is 13.6. The highest BCUT2D eigenvalue weighted by Crippen LogP contribution is 2.68. The van der Waals surface area contributed by atoms with E-state index in [-0.39, 0.29) is 29.0 Å². The number of aliphatic hydroxyl groups is 1. The van der Waals surface area contributed by atoms with Gasteiger partial charge in [0.1, 0.15) is 6.10 Å². The third kappa shape index (κ3) is 5.69. The Morgan fingerprint density at radius 1 is 0.974 bits per heavy atom. The van der Waals surface area contributed by atoms with Crippen molar-refractivity contribution in [2.75, 3.05) is 0 Å². The van der Waals surface area contributed by atoms with Gasteiger partial charge in [0.25, 0.3) is 0 Å². The number of aliphatic carboxylic acids is 1. The van der Waals surface area contributed by atoms with Gasteiger partial charge in [0, 0.05) is 18.8 Å². The fourth-order valence-corrected chi connectivity index (χ4v) is 9.67. The number of allylic oxidation sites excluding steroid dienone is 1. The summed E-state index contributed by atoms with van der Waals surface area (Å²) in [6, 6.07) is 0. The van der Waals surface area contributed by atoms with Gasteiger partial charge in [-0.05, 0) is 91.9 Å².